The average Bonchev–Trinajstić information content (AvgIpc) is 2.79. The van der Waals surface area contributed by atoms with Crippen molar-refractivity contribution in [3.8, 4) is 0 Å². The van der Waals surface area contributed by atoms with E-state index in [1.165, 1.54) is 19.3 Å². The van der Waals surface area contributed by atoms with Crippen LogP contribution in [-0.2, 0) is 4.79 Å². The minimum Gasteiger partial charge on any atom is -0.480 e. The van der Waals surface area contributed by atoms with Gasteiger partial charge in [-0.25, -0.2) is 4.79 Å². The molecule has 4 aliphatic rings. The Morgan fingerprint density at radius 1 is 1.05 bits per heavy atom. The van der Waals surface area contributed by atoms with E-state index in [-0.39, 0.29) is 11.5 Å². The van der Waals surface area contributed by atoms with Gasteiger partial charge in [0, 0.05) is 17.8 Å². The van der Waals surface area contributed by atoms with Crippen LogP contribution in [0.5, 0.6) is 0 Å². The molecule has 1 N–H and O–H groups in total. The third-order valence-electron chi connectivity index (χ3n) is 5.83. The topological polar surface area (TPSA) is 42.2 Å². The van der Waals surface area contributed by atoms with Crippen LogP contribution < -0.4 is 0 Å². The molecule has 1 unspecified atom stereocenters. The number of aliphatic carboxylic acids is 1. The molecule has 1 heterocycles. The second kappa shape index (κ2) is 3.87. The molecule has 3 heteroatoms. The maximum Gasteiger partial charge on any atom is 0.327 e. The van der Waals surface area contributed by atoms with E-state index in [1.54, 1.807) is 0 Å². The molecule has 19 heavy (non-hydrogen) atoms. The zero-order valence-electron chi connectivity index (χ0n) is 11.2. The molecule has 0 amide bonds. The van der Waals surface area contributed by atoms with Crippen molar-refractivity contribution in [1.29, 1.82) is 0 Å². The van der Waals surface area contributed by atoms with Crippen LogP contribution in [0.1, 0.15) is 44.6 Å². The summed E-state index contributed by atoms with van der Waals surface area (Å²) in [6.07, 6.45) is 11.3. The molecule has 4 bridgehead atoms. The number of hydrogen-bond acceptors (Lipinski definition) is 1. The molecular formula is C16H21NO2. The Bertz CT molecular complexity index is 456. The van der Waals surface area contributed by atoms with Crippen LogP contribution in [-0.4, -0.2) is 15.6 Å². The first-order valence-electron chi connectivity index (χ1n) is 7.51. The summed E-state index contributed by atoms with van der Waals surface area (Å²) in [7, 11) is 0. The van der Waals surface area contributed by atoms with Crippen LogP contribution >= 0.6 is 0 Å². The summed E-state index contributed by atoms with van der Waals surface area (Å²) in [6.45, 7) is 0. The second-order valence-electron chi connectivity index (χ2n) is 7.15. The third kappa shape index (κ3) is 1.67. The maximum absolute atomic E-state index is 11.9. The van der Waals surface area contributed by atoms with Crippen LogP contribution in [0, 0.1) is 23.2 Å². The Hall–Kier alpha value is -1.25. The second-order valence-corrected chi connectivity index (χ2v) is 7.15. The van der Waals surface area contributed by atoms with Crippen molar-refractivity contribution in [2.75, 3.05) is 0 Å². The van der Waals surface area contributed by atoms with Crippen LogP contribution in [0.15, 0.2) is 24.5 Å². The molecular weight excluding hydrogens is 238 g/mol. The number of carbonyl (C=O) groups is 1. The monoisotopic (exact) mass is 259 g/mol. The van der Waals surface area contributed by atoms with Crippen LogP contribution in [0.2, 0.25) is 0 Å². The van der Waals surface area contributed by atoms with Gasteiger partial charge in [-0.2, -0.15) is 0 Å². The Morgan fingerprint density at radius 3 is 1.95 bits per heavy atom. The highest BCUT2D eigenvalue weighted by Crippen LogP contribution is 2.63. The molecule has 0 saturated heterocycles. The van der Waals surface area contributed by atoms with E-state index in [0.29, 0.717) is 0 Å². The first-order valence-corrected chi connectivity index (χ1v) is 7.51. The number of nitrogens with zero attached hydrogens (tertiary/aromatic N) is 1. The highest BCUT2D eigenvalue weighted by atomic mass is 16.4. The van der Waals surface area contributed by atoms with Crippen molar-refractivity contribution in [3.05, 3.63) is 24.5 Å². The van der Waals surface area contributed by atoms with Crippen LogP contribution in [0.25, 0.3) is 0 Å². The Kier molecular flexibility index (Phi) is 2.36. The minimum atomic E-state index is -0.641. The maximum atomic E-state index is 11.9. The molecule has 0 aliphatic heterocycles. The SMILES string of the molecule is O=C(O)C(n1cccc1)C12CC3CC(CC(C3)C1)C2. The highest BCUT2D eigenvalue weighted by molar-refractivity contribution is 5.73. The predicted octanol–water partition coefficient (Wildman–Crippen LogP) is 3.33. The molecule has 1 aromatic heterocycles. The van der Waals surface area contributed by atoms with Gasteiger partial charge >= 0.3 is 5.97 Å². The van der Waals surface area contributed by atoms with Gasteiger partial charge in [-0.1, -0.05) is 0 Å². The summed E-state index contributed by atoms with van der Waals surface area (Å²) in [5.41, 5.74) is 0.0274. The highest BCUT2D eigenvalue weighted by Gasteiger charge is 2.56. The molecule has 4 aliphatic carbocycles. The number of rotatable bonds is 3. The normalized spacial score (nSPS) is 41.4. The number of carboxylic acid groups (broad SMARTS) is 1. The molecule has 0 radical (unpaired) electrons. The summed E-state index contributed by atoms with van der Waals surface area (Å²) in [4.78, 5) is 11.9. The molecule has 1 aromatic rings. The van der Waals surface area contributed by atoms with E-state index in [2.05, 4.69) is 0 Å². The lowest BCUT2D eigenvalue weighted by Gasteiger charge is -2.58. The fraction of sp³-hybridized carbons (Fsp3) is 0.688. The minimum absolute atomic E-state index is 0.0274. The lowest BCUT2D eigenvalue weighted by atomic mass is 9.47. The zero-order chi connectivity index (χ0) is 13.0. The van der Waals surface area contributed by atoms with Gasteiger partial charge < -0.3 is 9.67 Å². The van der Waals surface area contributed by atoms with E-state index < -0.39 is 5.97 Å². The summed E-state index contributed by atoms with van der Waals surface area (Å²) in [6, 6.07) is 3.53. The molecule has 5 rings (SSSR count). The van der Waals surface area contributed by atoms with Gasteiger partial charge in [0.15, 0.2) is 0 Å². The van der Waals surface area contributed by atoms with Crippen molar-refractivity contribution in [2.24, 2.45) is 23.2 Å². The third-order valence-corrected chi connectivity index (χ3v) is 5.83. The quantitative estimate of drug-likeness (QED) is 0.904. The predicted molar refractivity (Wildman–Crippen MR) is 71.7 cm³/mol. The van der Waals surface area contributed by atoms with Gasteiger partial charge in [-0.15, -0.1) is 0 Å². The molecule has 102 valence electrons. The van der Waals surface area contributed by atoms with Crippen LogP contribution in [0.3, 0.4) is 0 Å². The summed E-state index contributed by atoms with van der Waals surface area (Å²) in [5.74, 6) is 1.74. The lowest BCUT2D eigenvalue weighted by molar-refractivity contribution is -0.155. The lowest BCUT2D eigenvalue weighted by Crippen LogP contribution is -2.51. The molecule has 4 saturated carbocycles. The molecule has 3 nitrogen and oxygen atoms in total. The Labute approximate surface area is 113 Å². The van der Waals surface area contributed by atoms with E-state index in [9.17, 15) is 9.90 Å². The standard InChI is InChI=1S/C16H21NO2/c18-15(19)14(17-3-1-2-4-17)16-8-11-5-12(9-16)7-13(6-11)10-16/h1-4,11-14H,5-10H2,(H,18,19). The average molecular weight is 259 g/mol. The van der Waals surface area contributed by atoms with E-state index >= 15 is 0 Å². The largest absolute Gasteiger partial charge is 0.480 e. The van der Waals surface area contributed by atoms with Crippen molar-refractivity contribution in [1.82, 2.24) is 4.57 Å². The molecule has 4 fully saturated rings. The van der Waals surface area contributed by atoms with E-state index in [1.807, 2.05) is 29.1 Å². The first kappa shape index (κ1) is 11.6. The Morgan fingerprint density at radius 2 is 1.53 bits per heavy atom. The number of aromatic nitrogens is 1. The van der Waals surface area contributed by atoms with E-state index in [4.69, 9.17) is 0 Å². The number of hydrogen-bond donors (Lipinski definition) is 1. The van der Waals surface area contributed by atoms with Gasteiger partial charge in [-0.05, 0) is 68.4 Å². The smallest absolute Gasteiger partial charge is 0.327 e. The van der Waals surface area contributed by atoms with Gasteiger partial charge in [0.25, 0.3) is 0 Å². The molecule has 0 spiro atoms. The molecule has 1 atom stereocenters. The summed E-state index contributed by atoms with van der Waals surface area (Å²) < 4.78 is 1.94. The van der Waals surface area contributed by atoms with Crippen molar-refractivity contribution in [2.45, 2.75) is 44.6 Å². The summed E-state index contributed by atoms with van der Waals surface area (Å²) >= 11 is 0. The Balaban J connectivity index is 1.75. The fourth-order valence-electron chi connectivity index (χ4n) is 5.74. The van der Waals surface area contributed by atoms with E-state index in [0.717, 1.165) is 37.0 Å². The van der Waals surface area contributed by atoms with Gasteiger partial charge in [0.05, 0.1) is 0 Å². The van der Waals surface area contributed by atoms with Crippen molar-refractivity contribution in [3.63, 3.8) is 0 Å². The number of carboxylic acids is 1. The van der Waals surface area contributed by atoms with Gasteiger partial charge in [0.1, 0.15) is 6.04 Å². The molecule has 0 aromatic carbocycles. The van der Waals surface area contributed by atoms with Crippen molar-refractivity contribution < 1.29 is 9.90 Å². The van der Waals surface area contributed by atoms with Gasteiger partial charge in [-0.3, -0.25) is 0 Å². The first-order chi connectivity index (χ1) is 9.16. The van der Waals surface area contributed by atoms with Crippen LogP contribution in [0.4, 0.5) is 0 Å². The fourth-order valence-corrected chi connectivity index (χ4v) is 5.74. The summed E-state index contributed by atoms with van der Waals surface area (Å²) in [5, 5.41) is 9.78. The van der Waals surface area contributed by atoms with Crippen molar-refractivity contribution >= 4 is 5.97 Å². The van der Waals surface area contributed by atoms with Gasteiger partial charge in [0.2, 0.25) is 0 Å². The zero-order valence-corrected chi connectivity index (χ0v) is 11.2.